The van der Waals surface area contributed by atoms with Crippen LogP contribution in [0, 0.1) is 0 Å². The second kappa shape index (κ2) is 9.27. The number of hydrogen-bond acceptors (Lipinski definition) is 3. The van der Waals surface area contributed by atoms with Gasteiger partial charge in [0.1, 0.15) is 5.75 Å². The summed E-state index contributed by atoms with van der Waals surface area (Å²) in [4.78, 5) is 11.6. The Balaban J connectivity index is 1.77. The van der Waals surface area contributed by atoms with E-state index in [1.54, 1.807) is 12.1 Å². The molecule has 2 rings (SSSR count). The van der Waals surface area contributed by atoms with E-state index in [9.17, 15) is 4.79 Å². The maximum Gasteiger partial charge on any atom is 0.277 e. The number of nitrogens with one attached hydrogen (secondary N) is 1. The quantitative estimate of drug-likeness (QED) is 0.539. The summed E-state index contributed by atoms with van der Waals surface area (Å²) in [6.07, 6.45) is 3.42. The van der Waals surface area contributed by atoms with Gasteiger partial charge < -0.3 is 4.74 Å². The summed E-state index contributed by atoms with van der Waals surface area (Å²) < 4.78 is 7.04. The van der Waals surface area contributed by atoms with Crippen molar-refractivity contribution in [1.82, 2.24) is 5.43 Å². The highest BCUT2D eigenvalue weighted by molar-refractivity contribution is 9.12. The van der Waals surface area contributed by atoms with Gasteiger partial charge in [-0.05, 0) is 51.8 Å². The Hall–Kier alpha value is -1.92. The van der Waals surface area contributed by atoms with Gasteiger partial charge in [-0.15, -0.1) is 0 Å². The summed E-state index contributed by atoms with van der Waals surface area (Å²) in [6.45, 7) is -0.0982. The predicted octanol–water partition coefficient (Wildman–Crippen LogP) is 4.37. The first-order valence-electron chi connectivity index (χ1n) is 6.76. The molecule has 0 unspecified atom stereocenters. The lowest BCUT2D eigenvalue weighted by molar-refractivity contribution is -0.123. The lowest BCUT2D eigenvalue weighted by atomic mass is 10.2. The molecule has 0 heterocycles. The molecule has 6 heteroatoms. The van der Waals surface area contributed by atoms with Crippen LogP contribution in [0.1, 0.15) is 5.56 Å². The van der Waals surface area contributed by atoms with Gasteiger partial charge >= 0.3 is 0 Å². The Bertz CT molecular complexity index is 698. The number of halogens is 2. The summed E-state index contributed by atoms with van der Waals surface area (Å²) in [5.41, 5.74) is 3.44. The Kier molecular flexibility index (Phi) is 7.03. The third-order valence-corrected chi connectivity index (χ3v) is 3.63. The van der Waals surface area contributed by atoms with Crippen molar-refractivity contribution in [2.75, 3.05) is 6.61 Å². The smallest absolute Gasteiger partial charge is 0.277 e. The zero-order valence-corrected chi connectivity index (χ0v) is 15.2. The lowest BCUT2D eigenvalue weighted by Gasteiger charge is -2.04. The first-order chi connectivity index (χ1) is 11.1. The van der Waals surface area contributed by atoms with Gasteiger partial charge in [-0.3, -0.25) is 4.79 Å². The van der Waals surface area contributed by atoms with Crippen molar-refractivity contribution in [1.29, 1.82) is 0 Å². The van der Waals surface area contributed by atoms with E-state index in [0.717, 1.165) is 14.5 Å². The van der Waals surface area contributed by atoms with Gasteiger partial charge in [0.05, 0.1) is 6.21 Å². The molecule has 0 aliphatic rings. The molecule has 0 aliphatic heterocycles. The van der Waals surface area contributed by atoms with Crippen LogP contribution in [-0.4, -0.2) is 18.7 Å². The minimum atomic E-state index is -0.329. The predicted molar refractivity (Wildman–Crippen MR) is 99.6 cm³/mol. The molecule has 0 radical (unpaired) electrons. The number of amides is 1. The fraction of sp³-hybridized carbons (Fsp3) is 0.0588. The maximum absolute atomic E-state index is 11.6. The normalized spacial score (nSPS) is 11.5. The van der Waals surface area contributed by atoms with Gasteiger partial charge in [-0.1, -0.05) is 46.3 Å². The molecule has 1 N–H and O–H groups in total. The molecule has 118 valence electrons. The van der Waals surface area contributed by atoms with E-state index in [1.165, 1.54) is 6.21 Å². The molecule has 23 heavy (non-hydrogen) atoms. The fourth-order valence-corrected chi connectivity index (χ4v) is 2.25. The van der Waals surface area contributed by atoms with Crippen molar-refractivity contribution < 1.29 is 9.53 Å². The number of benzene rings is 2. The molecule has 1 amide bonds. The van der Waals surface area contributed by atoms with Crippen molar-refractivity contribution in [2.45, 2.75) is 0 Å². The van der Waals surface area contributed by atoms with Gasteiger partial charge in [0.15, 0.2) is 6.61 Å². The minimum Gasteiger partial charge on any atom is -0.484 e. The summed E-state index contributed by atoms with van der Waals surface area (Å²) >= 11 is 6.71. The highest BCUT2D eigenvalue weighted by Crippen LogP contribution is 2.15. The number of ether oxygens (including phenoxy) is 1. The van der Waals surface area contributed by atoms with E-state index in [2.05, 4.69) is 42.4 Å². The Morgan fingerprint density at radius 1 is 1.13 bits per heavy atom. The molecule has 2 aromatic rings. The average Bonchev–Trinajstić information content (AvgIpc) is 2.55. The second-order valence-corrected chi connectivity index (χ2v) is 6.31. The topological polar surface area (TPSA) is 50.7 Å². The maximum atomic E-state index is 11.6. The van der Waals surface area contributed by atoms with Gasteiger partial charge in [0.25, 0.3) is 5.91 Å². The summed E-state index contributed by atoms with van der Waals surface area (Å²) in [7, 11) is 0. The van der Waals surface area contributed by atoms with Gasteiger partial charge in [0, 0.05) is 8.96 Å². The number of carbonyl (C=O) groups is 1. The molecule has 0 bridgehead atoms. The van der Waals surface area contributed by atoms with Crippen molar-refractivity contribution in [3.05, 3.63) is 69.1 Å². The van der Waals surface area contributed by atoms with E-state index >= 15 is 0 Å². The fourth-order valence-electron chi connectivity index (χ4n) is 1.62. The van der Waals surface area contributed by atoms with Crippen LogP contribution in [0.15, 0.2) is 68.7 Å². The molecule has 2 aromatic carbocycles. The van der Waals surface area contributed by atoms with Crippen LogP contribution in [0.2, 0.25) is 0 Å². The van der Waals surface area contributed by atoms with Crippen molar-refractivity contribution >= 4 is 50.1 Å². The number of allylic oxidation sites excluding steroid dienone is 1. The van der Waals surface area contributed by atoms with Crippen LogP contribution < -0.4 is 10.2 Å². The van der Waals surface area contributed by atoms with Crippen molar-refractivity contribution in [3.8, 4) is 5.75 Å². The number of hydrazone groups is 1. The highest BCUT2D eigenvalue weighted by atomic mass is 79.9. The van der Waals surface area contributed by atoms with Crippen LogP contribution in [0.3, 0.4) is 0 Å². The molecule has 0 fully saturated rings. The molecule has 0 saturated heterocycles. The number of nitrogens with zero attached hydrogens (tertiary/aromatic N) is 1. The molecule has 0 spiro atoms. The number of hydrogen-bond donors (Lipinski definition) is 1. The zero-order valence-electron chi connectivity index (χ0n) is 12.1. The number of carbonyl (C=O) groups excluding carboxylic acids is 1. The van der Waals surface area contributed by atoms with E-state index in [4.69, 9.17) is 4.74 Å². The minimum absolute atomic E-state index is 0.0982. The van der Waals surface area contributed by atoms with Crippen molar-refractivity contribution in [3.63, 3.8) is 0 Å². The standard InChI is InChI=1S/C17H14Br2N2O2/c18-14-6-8-16(9-7-14)23-12-17(22)21-20-11-15(19)10-13-4-2-1-3-5-13/h1-11H,12H2,(H,21,22)/b15-10-,20-11+. The zero-order chi connectivity index (χ0) is 16.5. The largest absolute Gasteiger partial charge is 0.484 e. The monoisotopic (exact) mass is 436 g/mol. The molecule has 0 aromatic heterocycles. The number of rotatable bonds is 6. The summed E-state index contributed by atoms with van der Waals surface area (Å²) in [5, 5.41) is 3.87. The molecular weight excluding hydrogens is 424 g/mol. The Morgan fingerprint density at radius 3 is 2.52 bits per heavy atom. The first-order valence-corrected chi connectivity index (χ1v) is 8.34. The third kappa shape index (κ3) is 6.80. The Labute approximate surface area is 151 Å². The SMILES string of the molecule is O=C(COc1ccc(Br)cc1)N/N=C/C(Br)=C/c1ccccc1. The van der Waals surface area contributed by atoms with Crippen LogP contribution in [-0.2, 0) is 4.79 Å². The van der Waals surface area contributed by atoms with E-state index in [-0.39, 0.29) is 12.5 Å². The second-order valence-electron chi connectivity index (χ2n) is 4.48. The van der Waals surface area contributed by atoms with Crippen molar-refractivity contribution in [2.24, 2.45) is 5.10 Å². The van der Waals surface area contributed by atoms with Crippen LogP contribution in [0.5, 0.6) is 5.75 Å². The molecular formula is C17H14Br2N2O2. The summed E-state index contributed by atoms with van der Waals surface area (Å²) in [5.74, 6) is 0.293. The Morgan fingerprint density at radius 2 is 1.83 bits per heavy atom. The molecule has 0 atom stereocenters. The van der Waals surface area contributed by atoms with E-state index in [1.807, 2.05) is 48.5 Å². The highest BCUT2D eigenvalue weighted by Gasteiger charge is 2.01. The molecule has 0 aliphatic carbocycles. The first kappa shape index (κ1) is 17.4. The van der Waals surface area contributed by atoms with E-state index in [0.29, 0.717) is 5.75 Å². The van der Waals surface area contributed by atoms with Crippen LogP contribution in [0.25, 0.3) is 6.08 Å². The van der Waals surface area contributed by atoms with Gasteiger partial charge in [0.2, 0.25) is 0 Å². The van der Waals surface area contributed by atoms with Gasteiger partial charge in [-0.25, -0.2) is 5.43 Å². The van der Waals surface area contributed by atoms with Gasteiger partial charge in [-0.2, -0.15) is 5.10 Å². The molecule has 4 nitrogen and oxygen atoms in total. The van der Waals surface area contributed by atoms with E-state index < -0.39 is 0 Å². The average molecular weight is 438 g/mol. The summed E-state index contributed by atoms with van der Waals surface area (Å²) in [6, 6.07) is 17.0. The van der Waals surface area contributed by atoms with Crippen LogP contribution >= 0.6 is 31.9 Å². The third-order valence-electron chi connectivity index (χ3n) is 2.66. The molecule has 0 saturated carbocycles. The lowest BCUT2D eigenvalue weighted by Crippen LogP contribution is -2.24. The van der Waals surface area contributed by atoms with Crippen LogP contribution in [0.4, 0.5) is 0 Å².